The standard InChI is InChI=1S/C15H12N2O2S/c1-9-7-13(18)11-8-10(4-5-12(11)16-9)17-15(19)14-3-2-6-20-14/h2-8H,1H3,(H,16,18)(H,17,19). The average Bonchev–Trinajstić information content (AvgIpc) is 2.93. The number of thiophene rings is 1. The fourth-order valence-electron chi connectivity index (χ4n) is 2.06. The summed E-state index contributed by atoms with van der Waals surface area (Å²) in [7, 11) is 0. The highest BCUT2D eigenvalue weighted by Gasteiger charge is 2.08. The minimum Gasteiger partial charge on any atom is -0.358 e. The van der Waals surface area contributed by atoms with E-state index in [1.807, 2.05) is 18.4 Å². The van der Waals surface area contributed by atoms with Gasteiger partial charge in [0.25, 0.3) is 5.91 Å². The van der Waals surface area contributed by atoms with Gasteiger partial charge in [-0.15, -0.1) is 11.3 Å². The number of anilines is 1. The van der Waals surface area contributed by atoms with Crippen molar-refractivity contribution in [3.05, 3.63) is 62.6 Å². The molecular weight excluding hydrogens is 272 g/mol. The van der Waals surface area contributed by atoms with Gasteiger partial charge in [-0.05, 0) is 36.6 Å². The van der Waals surface area contributed by atoms with Crippen LogP contribution in [0, 0.1) is 6.92 Å². The molecule has 2 N–H and O–H groups in total. The molecule has 0 saturated heterocycles. The lowest BCUT2D eigenvalue weighted by Gasteiger charge is -2.06. The van der Waals surface area contributed by atoms with Crippen molar-refractivity contribution in [2.24, 2.45) is 0 Å². The van der Waals surface area contributed by atoms with Crippen LogP contribution in [0.4, 0.5) is 5.69 Å². The van der Waals surface area contributed by atoms with Crippen molar-refractivity contribution < 1.29 is 4.79 Å². The van der Waals surface area contributed by atoms with Crippen LogP contribution in [0.3, 0.4) is 0 Å². The molecule has 100 valence electrons. The quantitative estimate of drug-likeness (QED) is 0.759. The van der Waals surface area contributed by atoms with Gasteiger partial charge < -0.3 is 10.3 Å². The predicted molar refractivity (Wildman–Crippen MR) is 81.6 cm³/mol. The van der Waals surface area contributed by atoms with Crippen molar-refractivity contribution in [1.29, 1.82) is 0 Å². The third-order valence-electron chi connectivity index (χ3n) is 2.97. The molecule has 0 unspecified atom stereocenters. The maximum atomic E-state index is 12.0. The van der Waals surface area contributed by atoms with Crippen molar-refractivity contribution in [2.75, 3.05) is 5.32 Å². The highest BCUT2D eigenvalue weighted by molar-refractivity contribution is 7.12. The number of benzene rings is 1. The van der Waals surface area contributed by atoms with Crippen LogP contribution in [0.2, 0.25) is 0 Å². The Labute approximate surface area is 119 Å². The minimum atomic E-state index is -0.164. The average molecular weight is 284 g/mol. The summed E-state index contributed by atoms with van der Waals surface area (Å²) in [4.78, 5) is 27.7. The Morgan fingerprint density at radius 1 is 1.25 bits per heavy atom. The van der Waals surface area contributed by atoms with Crippen LogP contribution < -0.4 is 10.7 Å². The summed E-state index contributed by atoms with van der Waals surface area (Å²) in [5, 5.41) is 5.22. The van der Waals surface area contributed by atoms with Gasteiger partial charge in [0.15, 0.2) is 5.43 Å². The molecule has 2 heterocycles. The zero-order valence-electron chi connectivity index (χ0n) is 10.8. The molecule has 5 heteroatoms. The first-order chi connectivity index (χ1) is 9.63. The van der Waals surface area contributed by atoms with E-state index in [2.05, 4.69) is 10.3 Å². The van der Waals surface area contributed by atoms with Crippen LogP contribution in [0.5, 0.6) is 0 Å². The molecule has 2 aromatic heterocycles. The zero-order chi connectivity index (χ0) is 14.1. The molecule has 0 bridgehead atoms. The molecule has 0 atom stereocenters. The number of aryl methyl sites for hydroxylation is 1. The van der Waals surface area contributed by atoms with Crippen LogP contribution in [-0.2, 0) is 0 Å². The second kappa shape index (κ2) is 4.94. The summed E-state index contributed by atoms with van der Waals surface area (Å²) in [6, 6.07) is 10.4. The Bertz CT molecular complexity index is 835. The Balaban J connectivity index is 1.97. The molecule has 0 spiro atoms. The molecule has 20 heavy (non-hydrogen) atoms. The smallest absolute Gasteiger partial charge is 0.265 e. The van der Waals surface area contributed by atoms with E-state index in [0.29, 0.717) is 16.0 Å². The van der Waals surface area contributed by atoms with Crippen LogP contribution >= 0.6 is 11.3 Å². The van der Waals surface area contributed by atoms with Crippen LogP contribution in [-0.4, -0.2) is 10.9 Å². The monoisotopic (exact) mass is 284 g/mol. The summed E-state index contributed by atoms with van der Waals surface area (Å²) < 4.78 is 0. The van der Waals surface area contributed by atoms with Crippen LogP contribution in [0.1, 0.15) is 15.4 Å². The van der Waals surface area contributed by atoms with Crippen LogP contribution in [0.15, 0.2) is 46.6 Å². The molecule has 1 aromatic carbocycles. The van der Waals surface area contributed by atoms with E-state index in [-0.39, 0.29) is 11.3 Å². The molecule has 1 amide bonds. The second-order valence-corrected chi connectivity index (χ2v) is 5.46. The molecular formula is C15H12N2O2S. The van der Waals surface area contributed by atoms with Crippen molar-refractivity contribution in [2.45, 2.75) is 6.92 Å². The largest absolute Gasteiger partial charge is 0.358 e. The first-order valence-electron chi connectivity index (χ1n) is 6.12. The van der Waals surface area contributed by atoms with Gasteiger partial charge in [-0.2, -0.15) is 0 Å². The van der Waals surface area contributed by atoms with Gasteiger partial charge in [-0.3, -0.25) is 9.59 Å². The zero-order valence-corrected chi connectivity index (χ0v) is 11.6. The van der Waals surface area contributed by atoms with Crippen molar-refractivity contribution in [1.82, 2.24) is 4.98 Å². The number of hydrogen-bond acceptors (Lipinski definition) is 3. The number of rotatable bonds is 2. The molecule has 3 rings (SSSR count). The predicted octanol–water partition coefficient (Wildman–Crippen LogP) is 3.15. The second-order valence-electron chi connectivity index (χ2n) is 4.51. The number of aromatic amines is 1. The summed E-state index contributed by atoms with van der Waals surface area (Å²) in [6.07, 6.45) is 0. The molecule has 0 aliphatic carbocycles. The Morgan fingerprint density at radius 3 is 2.85 bits per heavy atom. The molecule has 4 nitrogen and oxygen atoms in total. The number of amides is 1. The molecule has 0 saturated carbocycles. The molecule has 0 aliphatic rings. The highest BCUT2D eigenvalue weighted by Crippen LogP contribution is 2.17. The SMILES string of the molecule is Cc1cc(=O)c2cc(NC(=O)c3cccs3)ccc2[nH]1. The number of carbonyl (C=O) groups is 1. The lowest BCUT2D eigenvalue weighted by atomic mass is 10.1. The maximum absolute atomic E-state index is 12.0. The van der Waals surface area contributed by atoms with E-state index in [4.69, 9.17) is 0 Å². The third kappa shape index (κ3) is 2.35. The Kier molecular flexibility index (Phi) is 3.12. The van der Waals surface area contributed by atoms with Crippen molar-refractivity contribution >= 4 is 33.8 Å². The molecule has 0 aliphatic heterocycles. The van der Waals surface area contributed by atoms with Gasteiger partial charge in [-0.1, -0.05) is 6.07 Å². The van der Waals surface area contributed by atoms with E-state index in [9.17, 15) is 9.59 Å². The topological polar surface area (TPSA) is 62.0 Å². The summed E-state index contributed by atoms with van der Waals surface area (Å²) in [5.74, 6) is -0.164. The van der Waals surface area contributed by atoms with Gasteiger partial charge in [-0.25, -0.2) is 0 Å². The molecule has 0 fully saturated rings. The number of aromatic nitrogens is 1. The highest BCUT2D eigenvalue weighted by atomic mass is 32.1. The van der Waals surface area contributed by atoms with Crippen molar-refractivity contribution in [3.8, 4) is 0 Å². The van der Waals surface area contributed by atoms with E-state index >= 15 is 0 Å². The Hall–Kier alpha value is -2.40. The fourth-order valence-corrected chi connectivity index (χ4v) is 2.68. The molecule has 3 aromatic rings. The van der Waals surface area contributed by atoms with Gasteiger partial charge >= 0.3 is 0 Å². The van der Waals surface area contributed by atoms with E-state index in [0.717, 1.165) is 11.2 Å². The number of H-pyrrole nitrogens is 1. The van der Waals surface area contributed by atoms with E-state index in [1.54, 1.807) is 30.3 Å². The summed E-state index contributed by atoms with van der Waals surface area (Å²) in [6.45, 7) is 1.84. The van der Waals surface area contributed by atoms with Gasteiger partial charge in [0, 0.05) is 28.4 Å². The maximum Gasteiger partial charge on any atom is 0.265 e. The van der Waals surface area contributed by atoms with Gasteiger partial charge in [0.05, 0.1) is 4.88 Å². The lowest BCUT2D eigenvalue weighted by Crippen LogP contribution is -2.11. The Morgan fingerprint density at radius 2 is 2.10 bits per heavy atom. The van der Waals surface area contributed by atoms with E-state index in [1.165, 1.54) is 11.3 Å². The number of pyridine rings is 1. The van der Waals surface area contributed by atoms with Gasteiger partial charge in [0.2, 0.25) is 0 Å². The summed E-state index contributed by atoms with van der Waals surface area (Å²) in [5.41, 5.74) is 2.15. The number of carbonyl (C=O) groups excluding carboxylic acids is 1. The van der Waals surface area contributed by atoms with Crippen LogP contribution in [0.25, 0.3) is 10.9 Å². The first kappa shape index (κ1) is 12.6. The molecule has 0 radical (unpaired) electrons. The van der Waals surface area contributed by atoms with Crippen molar-refractivity contribution in [3.63, 3.8) is 0 Å². The fraction of sp³-hybridized carbons (Fsp3) is 0.0667. The number of nitrogens with one attached hydrogen (secondary N) is 2. The lowest BCUT2D eigenvalue weighted by molar-refractivity contribution is 0.103. The normalized spacial score (nSPS) is 10.7. The number of fused-ring (bicyclic) bond motifs is 1. The third-order valence-corrected chi connectivity index (χ3v) is 3.84. The first-order valence-corrected chi connectivity index (χ1v) is 7.00. The van der Waals surface area contributed by atoms with E-state index < -0.39 is 0 Å². The summed E-state index contributed by atoms with van der Waals surface area (Å²) >= 11 is 1.38. The minimum absolute atomic E-state index is 0.0523. The number of hydrogen-bond donors (Lipinski definition) is 2. The van der Waals surface area contributed by atoms with Gasteiger partial charge in [0.1, 0.15) is 0 Å².